The van der Waals surface area contributed by atoms with Crippen LogP contribution in [0.25, 0.3) is 0 Å². The van der Waals surface area contributed by atoms with Crippen molar-refractivity contribution in [3.05, 3.63) is 38.9 Å². The lowest BCUT2D eigenvalue weighted by Crippen LogP contribution is -2.62. The highest BCUT2D eigenvalue weighted by atomic mass is 35.5. The zero-order valence-electron chi connectivity index (χ0n) is 10.4. The molecule has 5 nitrogen and oxygen atoms in total. The maximum atomic E-state index is 11.0. The van der Waals surface area contributed by atoms with Gasteiger partial charge in [-0.25, -0.2) is 0 Å². The molecule has 0 bridgehead atoms. The summed E-state index contributed by atoms with van der Waals surface area (Å²) in [4.78, 5) is 12.6. The van der Waals surface area contributed by atoms with Crippen LogP contribution in [0.1, 0.15) is 18.4 Å². The summed E-state index contributed by atoms with van der Waals surface area (Å²) in [5.74, 6) is 0.434. The van der Waals surface area contributed by atoms with E-state index in [1.807, 2.05) is 4.90 Å². The molecule has 1 aliphatic heterocycles. The van der Waals surface area contributed by atoms with E-state index < -0.39 is 10.5 Å². The van der Waals surface area contributed by atoms with E-state index in [2.05, 4.69) is 0 Å². The second-order valence-corrected chi connectivity index (χ2v) is 5.99. The molecule has 6 heteroatoms. The number of benzene rings is 1. The van der Waals surface area contributed by atoms with Crippen molar-refractivity contribution in [3.63, 3.8) is 0 Å². The van der Waals surface area contributed by atoms with Crippen molar-refractivity contribution in [2.75, 3.05) is 13.1 Å². The summed E-state index contributed by atoms with van der Waals surface area (Å²) in [6, 6.07) is 4.73. The smallest absolute Gasteiger partial charge is 0.275 e. The Hall–Kier alpha value is -1.17. The van der Waals surface area contributed by atoms with Crippen LogP contribution in [-0.2, 0) is 6.54 Å². The van der Waals surface area contributed by atoms with Gasteiger partial charge < -0.3 is 5.11 Å². The van der Waals surface area contributed by atoms with E-state index in [0.717, 1.165) is 12.8 Å². The van der Waals surface area contributed by atoms with E-state index in [4.69, 9.17) is 11.6 Å². The number of halogens is 1. The summed E-state index contributed by atoms with van der Waals surface area (Å²) in [6.07, 6.45) is 2.21. The lowest BCUT2D eigenvalue weighted by Gasteiger charge is -2.47. The predicted octanol–water partition coefficient (Wildman–Crippen LogP) is 2.20. The second kappa shape index (κ2) is 4.44. The first-order valence-corrected chi connectivity index (χ1v) is 6.73. The maximum Gasteiger partial charge on any atom is 0.275 e. The quantitative estimate of drug-likeness (QED) is 0.679. The van der Waals surface area contributed by atoms with Crippen LogP contribution in [0.4, 0.5) is 5.69 Å². The predicted molar refractivity (Wildman–Crippen MR) is 71.1 cm³/mol. The molecule has 3 rings (SSSR count). The van der Waals surface area contributed by atoms with Gasteiger partial charge in [-0.15, -0.1) is 0 Å². The van der Waals surface area contributed by atoms with Crippen molar-refractivity contribution < 1.29 is 10.0 Å². The fourth-order valence-electron chi connectivity index (χ4n) is 2.80. The first-order chi connectivity index (χ1) is 8.98. The molecule has 1 N–H and O–H groups in total. The fraction of sp³-hybridized carbons (Fsp3) is 0.538. The summed E-state index contributed by atoms with van der Waals surface area (Å²) in [6.45, 7) is 1.71. The van der Waals surface area contributed by atoms with Gasteiger partial charge in [-0.2, -0.15) is 0 Å². The molecule has 0 unspecified atom stereocenters. The molecule has 1 saturated heterocycles. The van der Waals surface area contributed by atoms with Crippen molar-refractivity contribution >= 4 is 17.3 Å². The van der Waals surface area contributed by atoms with Gasteiger partial charge in [0.25, 0.3) is 5.69 Å². The zero-order chi connectivity index (χ0) is 13.6. The highest BCUT2D eigenvalue weighted by molar-refractivity contribution is 6.30. The Morgan fingerprint density at radius 3 is 2.74 bits per heavy atom. The lowest BCUT2D eigenvalue weighted by molar-refractivity contribution is -0.385. The summed E-state index contributed by atoms with van der Waals surface area (Å²) in [5.41, 5.74) is 0.142. The Labute approximate surface area is 115 Å². The van der Waals surface area contributed by atoms with Gasteiger partial charge in [0.2, 0.25) is 0 Å². The number of nitro groups is 1. The molecular formula is C13H15ClN2O3. The van der Waals surface area contributed by atoms with Gasteiger partial charge in [0.05, 0.1) is 10.5 Å². The summed E-state index contributed by atoms with van der Waals surface area (Å²) >= 11 is 5.78. The minimum atomic E-state index is -0.554. The van der Waals surface area contributed by atoms with Gasteiger partial charge in [0.1, 0.15) is 0 Å². The summed E-state index contributed by atoms with van der Waals surface area (Å²) in [7, 11) is 0. The van der Waals surface area contributed by atoms with Crippen LogP contribution in [0.15, 0.2) is 18.2 Å². The second-order valence-electron chi connectivity index (χ2n) is 5.55. The third kappa shape index (κ3) is 2.45. The van der Waals surface area contributed by atoms with Gasteiger partial charge in [-0.1, -0.05) is 11.6 Å². The molecule has 0 radical (unpaired) electrons. The van der Waals surface area contributed by atoms with Crippen LogP contribution < -0.4 is 0 Å². The molecule has 1 aromatic rings. The fourth-order valence-corrected chi connectivity index (χ4v) is 2.97. The third-order valence-electron chi connectivity index (χ3n) is 3.97. The third-order valence-corrected chi connectivity index (χ3v) is 4.21. The van der Waals surface area contributed by atoms with Crippen molar-refractivity contribution in [1.82, 2.24) is 4.90 Å². The largest absolute Gasteiger partial charge is 0.387 e. The van der Waals surface area contributed by atoms with Crippen LogP contribution in [0, 0.1) is 16.0 Å². The molecule has 1 saturated carbocycles. The van der Waals surface area contributed by atoms with Gasteiger partial charge in [-0.05, 0) is 30.9 Å². The number of β-amino-alcohol motifs (C(OH)–C–C–N with tert-alkyl or cyclic N) is 1. The van der Waals surface area contributed by atoms with Crippen LogP contribution in [0.3, 0.4) is 0 Å². The Balaban J connectivity index is 1.69. The normalized spacial score (nSPS) is 22.0. The molecule has 0 aromatic heterocycles. The SMILES string of the molecule is O=[N+]([O-])c1cc(Cl)ccc1CN1CC(O)(C2CC2)C1. The Kier molecular flexibility index (Phi) is 3.00. The molecule has 1 aromatic carbocycles. The van der Waals surface area contributed by atoms with E-state index in [1.54, 1.807) is 12.1 Å². The monoisotopic (exact) mass is 282 g/mol. The molecule has 2 fully saturated rings. The van der Waals surface area contributed by atoms with Gasteiger partial charge >= 0.3 is 0 Å². The van der Waals surface area contributed by atoms with E-state index in [-0.39, 0.29) is 5.69 Å². The number of rotatable bonds is 4. The van der Waals surface area contributed by atoms with Crippen molar-refractivity contribution in [1.29, 1.82) is 0 Å². The van der Waals surface area contributed by atoms with E-state index in [1.165, 1.54) is 6.07 Å². The molecule has 2 aliphatic rings. The van der Waals surface area contributed by atoms with Gasteiger partial charge in [0, 0.05) is 36.3 Å². The van der Waals surface area contributed by atoms with E-state index >= 15 is 0 Å². The highest BCUT2D eigenvalue weighted by Crippen LogP contribution is 2.45. The first kappa shape index (κ1) is 12.8. The lowest BCUT2D eigenvalue weighted by atomic mass is 9.88. The maximum absolute atomic E-state index is 11.0. The van der Waals surface area contributed by atoms with Crippen molar-refractivity contribution in [2.24, 2.45) is 5.92 Å². The number of nitro benzene ring substituents is 1. The zero-order valence-corrected chi connectivity index (χ0v) is 11.1. The number of aliphatic hydroxyl groups is 1. The average Bonchev–Trinajstić information content (AvgIpc) is 3.12. The molecule has 1 aliphatic carbocycles. The highest BCUT2D eigenvalue weighted by Gasteiger charge is 2.51. The molecule has 0 atom stereocenters. The first-order valence-electron chi connectivity index (χ1n) is 6.35. The molecule has 1 heterocycles. The minimum Gasteiger partial charge on any atom is -0.387 e. The minimum absolute atomic E-state index is 0.0503. The van der Waals surface area contributed by atoms with Gasteiger partial charge in [0.15, 0.2) is 0 Å². The molecule has 0 amide bonds. The molecule has 0 spiro atoms. The van der Waals surface area contributed by atoms with Crippen LogP contribution in [0.5, 0.6) is 0 Å². The Morgan fingerprint density at radius 2 is 2.16 bits per heavy atom. The van der Waals surface area contributed by atoms with Crippen LogP contribution >= 0.6 is 11.6 Å². The van der Waals surface area contributed by atoms with Gasteiger partial charge in [-0.3, -0.25) is 15.0 Å². The number of hydrogen-bond acceptors (Lipinski definition) is 4. The summed E-state index contributed by atoms with van der Waals surface area (Å²) in [5, 5.41) is 21.6. The van der Waals surface area contributed by atoms with Crippen molar-refractivity contribution in [2.45, 2.75) is 25.0 Å². The molecule has 19 heavy (non-hydrogen) atoms. The molecular weight excluding hydrogens is 268 g/mol. The summed E-state index contributed by atoms with van der Waals surface area (Å²) < 4.78 is 0. The Bertz CT molecular complexity index is 525. The van der Waals surface area contributed by atoms with Crippen LogP contribution in [0.2, 0.25) is 5.02 Å². The van der Waals surface area contributed by atoms with E-state index in [0.29, 0.717) is 36.1 Å². The Morgan fingerprint density at radius 1 is 1.47 bits per heavy atom. The van der Waals surface area contributed by atoms with Crippen molar-refractivity contribution in [3.8, 4) is 0 Å². The van der Waals surface area contributed by atoms with Crippen LogP contribution in [-0.4, -0.2) is 33.6 Å². The van der Waals surface area contributed by atoms with E-state index in [9.17, 15) is 15.2 Å². The molecule has 102 valence electrons. The topological polar surface area (TPSA) is 66.6 Å². The number of nitrogens with zero attached hydrogens (tertiary/aromatic N) is 2. The number of hydrogen-bond donors (Lipinski definition) is 1. The standard InChI is InChI=1S/C13H15ClN2O3/c14-11-4-1-9(12(5-11)16(18)19)6-15-7-13(17,8-15)10-2-3-10/h1,4-5,10,17H,2-3,6-8H2. The average molecular weight is 283 g/mol. The number of likely N-dealkylation sites (tertiary alicyclic amines) is 1.